The van der Waals surface area contributed by atoms with Gasteiger partial charge in [0.25, 0.3) is 0 Å². The quantitative estimate of drug-likeness (QED) is 0.605. The molecule has 0 spiro atoms. The molecule has 1 heterocycles. The minimum absolute atomic E-state index is 0.0850. The van der Waals surface area contributed by atoms with Crippen molar-refractivity contribution in [1.82, 2.24) is 9.97 Å². The van der Waals surface area contributed by atoms with E-state index in [1.165, 1.54) is 11.8 Å². The molecule has 5 nitrogen and oxygen atoms in total. The minimum atomic E-state index is 0.0850. The van der Waals surface area contributed by atoms with Gasteiger partial charge in [-0.3, -0.25) is 0 Å². The van der Waals surface area contributed by atoms with Crippen molar-refractivity contribution in [2.45, 2.75) is 30.7 Å². The third kappa shape index (κ3) is 4.70. The molecule has 0 aromatic carbocycles. The second-order valence-electron chi connectivity index (χ2n) is 4.29. The molecule has 0 aliphatic carbocycles. The van der Waals surface area contributed by atoms with E-state index < -0.39 is 0 Å². The van der Waals surface area contributed by atoms with Crippen LogP contribution in [0.1, 0.15) is 20.3 Å². The normalized spacial score (nSPS) is 12.6. The zero-order chi connectivity index (χ0) is 13.5. The van der Waals surface area contributed by atoms with Crippen molar-refractivity contribution < 1.29 is 14.6 Å². The molecule has 0 amide bonds. The summed E-state index contributed by atoms with van der Waals surface area (Å²) in [5, 5.41) is 10.00. The van der Waals surface area contributed by atoms with Gasteiger partial charge in [0.1, 0.15) is 0 Å². The lowest BCUT2D eigenvalue weighted by atomic mass is 10.1. The first-order chi connectivity index (χ1) is 8.58. The summed E-state index contributed by atoms with van der Waals surface area (Å²) in [6.45, 7) is 4.35. The maximum atomic E-state index is 9.35. The lowest BCUT2D eigenvalue weighted by molar-refractivity contribution is 0.282. The number of ether oxygens (including phenoxy) is 2. The zero-order valence-electron chi connectivity index (χ0n) is 11.2. The first kappa shape index (κ1) is 15.0. The van der Waals surface area contributed by atoms with Crippen LogP contribution in [0.15, 0.2) is 11.2 Å². The number of hydrogen-bond donors (Lipinski definition) is 1. The molecule has 102 valence electrons. The lowest BCUT2D eigenvalue weighted by Gasteiger charge is -2.15. The van der Waals surface area contributed by atoms with Crippen LogP contribution in [0, 0.1) is 5.92 Å². The van der Waals surface area contributed by atoms with E-state index in [0.29, 0.717) is 22.8 Å². The van der Waals surface area contributed by atoms with Crippen molar-refractivity contribution in [3.05, 3.63) is 6.07 Å². The summed E-state index contributed by atoms with van der Waals surface area (Å²) in [6.07, 6.45) is 0.907. The lowest BCUT2D eigenvalue weighted by Crippen LogP contribution is -2.12. The van der Waals surface area contributed by atoms with Gasteiger partial charge >= 0.3 is 0 Å². The van der Waals surface area contributed by atoms with Crippen molar-refractivity contribution in [2.75, 3.05) is 20.8 Å². The van der Waals surface area contributed by atoms with Gasteiger partial charge in [-0.25, -0.2) is 0 Å². The molecule has 18 heavy (non-hydrogen) atoms. The smallest absolute Gasteiger partial charge is 0.220 e. The van der Waals surface area contributed by atoms with E-state index in [0.717, 1.165) is 6.42 Å². The highest BCUT2D eigenvalue weighted by Crippen LogP contribution is 2.27. The van der Waals surface area contributed by atoms with Crippen LogP contribution in [0.3, 0.4) is 0 Å². The molecule has 1 aromatic heterocycles. The summed E-state index contributed by atoms with van der Waals surface area (Å²) in [5.74, 6) is 1.44. The Labute approximate surface area is 112 Å². The van der Waals surface area contributed by atoms with Gasteiger partial charge in [-0.2, -0.15) is 9.97 Å². The molecule has 1 aromatic rings. The Kier molecular flexibility index (Phi) is 6.21. The number of aliphatic hydroxyl groups excluding tert-OH is 1. The van der Waals surface area contributed by atoms with Crippen LogP contribution >= 0.6 is 11.8 Å². The Morgan fingerprint density at radius 3 is 2.17 bits per heavy atom. The molecule has 0 fully saturated rings. The fourth-order valence-electron chi connectivity index (χ4n) is 1.48. The Morgan fingerprint density at radius 1 is 1.22 bits per heavy atom. The zero-order valence-corrected chi connectivity index (χ0v) is 12.0. The van der Waals surface area contributed by atoms with Crippen LogP contribution in [-0.2, 0) is 0 Å². The molecule has 6 heteroatoms. The summed E-state index contributed by atoms with van der Waals surface area (Å²) in [6, 6.07) is 1.63. The second-order valence-corrected chi connectivity index (χ2v) is 5.55. The number of methoxy groups -OCH3 is 2. The SMILES string of the molecule is COc1cc(OC)nc(SC(CO)CC(C)C)n1. The Bertz CT molecular complexity index is 352. The molecule has 0 aliphatic rings. The molecule has 0 saturated heterocycles. The highest BCUT2D eigenvalue weighted by Gasteiger charge is 2.15. The number of thioether (sulfide) groups is 1. The summed E-state index contributed by atoms with van der Waals surface area (Å²) >= 11 is 1.44. The van der Waals surface area contributed by atoms with Crippen LogP contribution in [-0.4, -0.2) is 41.2 Å². The van der Waals surface area contributed by atoms with E-state index in [4.69, 9.17) is 9.47 Å². The number of nitrogens with zero attached hydrogens (tertiary/aromatic N) is 2. The van der Waals surface area contributed by atoms with Gasteiger partial charge in [-0.15, -0.1) is 0 Å². The van der Waals surface area contributed by atoms with Crippen molar-refractivity contribution >= 4 is 11.8 Å². The van der Waals surface area contributed by atoms with Crippen LogP contribution < -0.4 is 9.47 Å². The topological polar surface area (TPSA) is 64.5 Å². The molecule has 1 N–H and O–H groups in total. The van der Waals surface area contributed by atoms with Gasteiger partial charge in [0, 0.05) is 5.25 Å². The first-order valence-corrected chi connectivity index (χ1v) is 6.71. The van der Waals surface area contributed by atoms with Crippen LogP contribution in [0.4, 0.5) is 0 Å². The predicted molar refractivity (Wildman–Crippen MR) is 71.3 cm³/mol. The highest BCUT2D eigenvalue weighted by atomic mass is 32.2. The molecular formula is C12H20N2O3S. The second kappa shape index (κ2) is 7.43. The molecule has 0 radical (unpaired) electrons. The molecule has 1 unspecified atom stereocenters. The fraction of sp³-hybridized carbons (Fsp3) is 0.667. The average molecular weight is 272 g/mol. The Morgan fingerprint density at radius 2 is 1.78 bits per heavy atom. The third-order valence-corrected chi connectivity index (χ3v) is 3.36. The van der Waals surface area contributed by atoms with E-state index in [2.05, 4.69) is 23.8 Å². The highest BCUT2D eigenvalue weighted by molar-refractivity contribution is 7.99. The molecule has 1 atom stereocenters. The summed E-state index contributed by atoms with van der Waals surface area (Å²) in [7, 11) is 3.10. The summed E-state index contributed by atoms with van der Waals surface area (Å²) in [5.41, 5.74) is 0. The summed E-state index contributed by atoms with van der Waals surface area (Å²) in [4.78, 5) is 8.47. The monoisotopic (exact) mass is 272 g/mol. The van der Waals surface area contributed by atoms with E-state index in [-0.39, 0.29) is 11.9 Å². The van der Waals surface area contributed by atoms with E-state index in [9.17, 15) is 5.11 Å². The van der Waals surface area contributed by atoms with Gasteiger partial charge < -0.3 is 14.6 Å². The Hall–Kier alpha value is -1.01. The number of aliphatic hydroxyl groups is 1. The predicted octanol–water partition coefficient (Wildman–Crippen LogP) is 1.99. The van der Waals surface area contributed by atoms with Gasteiger partial charge in [-0.05, 0) is 12.3 Å². The molecule has 0 bridgehead atoms. The number of hydrogen-bond acceptors (Lipinski definition) is 6. The molecular weight excluding hydrogens is 252 g/mol. The van der Waals surface area contributed by atoms with E-state index in [1.54, 1.807) is 20.3 Å². The van der Waals surface area contributed by atoms with Crippen molar-refractivity contribution in [2.24, 2.45) is 5.92 Å². The Balaban J connectivity index is 2.81. The van der Waals surface area contributed by atoms with Crippen molar-refractivity contribution in [3.8, 4) is 11.8 Å². The largest absolute Gasteiger partial charge is 0.481 e. The van der Waals surface area contributed by atoms with Gasteiger partial charge in [0.2, 0.25) is 11.8 Å². The summed E-state index contributed by atoms with van der Waals surface area (Å²) < 4.78 is 10.2. The molecule has 0 saturated carbocycles. The molecule has 1 rings (SSSR count). The standard InChI is InChI=1S/C12H20N2O3S/c1-8(2)5-9(7-15)18-12-13-10(16-3)6-11(14-12)17-4/h6,8-9,15H,5,7H2,1-4H3. The van der Waals surface area contributed by atoms with Gasteiger partial charge in [0.05, 0.1) is 26.9 Å². The van der Waals surface area contributed by atoms with E-state index in [1.807, 2.05) is 0 Å². The number of aromatic nitrogens is 2. The average Bonchev–Trinajstić information content (AvgIpc) is 2.36. The first-order valence-electron chi connectivity index (χ1n) is 5.83. The van der Waals surface area contributed by atoms with Gasteiger partial charge in [0.15, 0.2) is 5.16 Å². The number of rotatable bonds is 7. The minimum Gasteiger partial charge on any atom is -0.481 e. The van der Waals surface area contributed by atoms with Crippen molar-refractivity contribution in [3.63, 3.8) is 0 Å². The maximum Gasteiger partial charge on any atom is 0.220 e. The fourth-order valence-corrected chi connectivity index (χ4v) is 2.62. The van der Waals surface area contributed by atoms with E-state index >= 15 is 0 Å². The van der Waals surface area contributed by atoms with Gasteiger partial charge in [-0.1, -0.05) is 25.6 Å². The molecule has 0 aliphatic heterocycles. The van der Waals surface area contributed by atoms with Crippen LogP contribution in [0.25, 0.3) is 0 Å². The third-order valence-electron chi connectivity index (χ3n) is 2.29. The van der Waals surface area contributed by atoms with Crippen LogP contribution in [0.2, 0.25) is 0 Å². The van der Waals surface area contributed by atoms with Crippen LogP contribution in [0.5, 0.6) is 11.8 Å². The maximum absolute atomic E-state index is 9.35. The van der Waals surface area contributed by atoms with Crippen molar-refractivity contribution in [1.29, 1.82) is 0 Å².